The van der Waals surface area contributed by atoms with E-state index in [2.05, 4.69) is 25.8 Å². The lowest BCUT2D eigenvalue weighted by atomic mass is 10.2. The molecule has 0 saturated heterocycles. The number of pyridine rings is 2. The Morgan fingerprint density at radius 1 is 1.26 bits per heavy atom. The van der Waals surface area contributed by atoms with Crippen molar-refractivity contribution in [2.24, 2.45) is 0 Å². The van der Waals surface area contributed by atoms with Crippen LogP contribution in [0.25, 0.3) is 5.65 Å². The normalized spacial score (nSPS) is 10.5. The molecule has 0 bridgehead atoms. The van der Waals surface area contributed by atoms with Gasteiger partial charge in [-0.2, -0.15) is 4.52 Å². The molecule has 1 N–H and O–H groups in total. The number of hydrogen-bond donors (Lipinski definition) is 1. The number of nitrogens with one attached hydrogen (secondary N) is 1. The van der Waals surface area contributed by atoms with Crippen molar-refractivity contribution in [2.45, 2.75) is 6.54 Å². The Morgan fingerprint density at radius 3 is 3.05 bits per heavy atom. The molecule has 7 nitrogen and oxygen atoms in total. The minimum Gasteiger partial charge on any atom is -0.346 e. The molecule has 0 aliphatic heterocycles. The van der Waals surface area contributed by atoms with Crippen LogP contribution in [0.15, 0.2) is 42.7 Å². The second-order valence-corrected chi connectivity index (χ2v) is 3.90. The summed E-state index contributed by atoms with van der Waals surface area (Å²) < 4.78 is 1.45. The predicted molar refractivity (Wildman–Crippen MR) is 66.2 cm³/mol. The van der Waals surface area contributed by atoms with Crippen LogP contribution >= 0.6 is 0 Å². The zero-order chi connectivity index (χ0) is 13.1. The Kier molecular flexibility index (Phi) is 2.85. The van der Waals surface area contributed by atoms with E-state index in [1.54, 1.807) is 24.5 Å². The summed E-state index contributed by atoms with van der Waals surface area (Å²) in [5.41, 5.74) is 1.90. The van der Waals surface area contributed by atoms with Gasteiger partial charge in [0.25, 0.3) is 5.91 Å². The van der Waals surface area contributed by atoms with Gasteiger partial charge in [0.05, 0.1) is 17.8 Å². The van der Waals surface area contributed by atoms with Gasteiger partial charge in [0, 0.05) is 12.4 Å². The molecule has 0 saturated carbocycles. The molecule has 0 aliphatic carbocycles. The molecule has 3 rings (SSSR count). The summed E-state index contributed by atoms with van der Waals surface area (Å²) in [6.45, 7) is 0.382. The van der Waals surface area contributed by atoms with Crippen LogP contribution < -0.4 is 5.32 Å². The van der Waals surface area contributed by atoms with E-state index in [-0.39, 0.29) is 5.91 Å². The molecule has 0 aliphatic rings. The van der Waals surface area contributed by atoms with Gasteiger partial charge >= 0.3 is 0 Å². The molecule has 3 aromatic rings. The van der Waals surface area contributed by atoms with E-state index >= 15 is 0 Å². The van der Waals surface area contributed by atoms with Gasteiger partial charge in [-0.1, -0.05) is 6.07 Å². The molecular formula is C12H10N6O. The van der Waals surface area contributed by atoms with Crippen molar-refractivity contribution in [1.82, 2.24) is 30.3 Å². The number of rotatable bonds is 3. The maximum absolute atomic E-state index is 12.0. The summed E-state index contributed by atoms with van der Waals surface area (Å²) in [6, 6.07) is 8.93. The predicted octanol–water partition coefficient (Wildman–Crippen LogP) is 0.449. The van der Waals surface area contributed by atoms with Crippen molar-refractivity contribution in [3.63, 3.8) is 0 Å². The molecule has 0 spiro atoms. The third-order valence-corrected chi connectivity index (χ3v) is 2.61. The number of amides is 1. The Bertz CT molecular complexity index is 708. The van der Waals surface area contributed by atoms with Crippen LogP contribution in [-0.2, 0) is 6.54 Å². The van der Waals surface area contributed by atoms with E-state index in [4.69, 9.17) is 0 Å². The zero-order valence-corrected chi connectivity index (χ0v) is 9.89. The monoisotopic (exact) mass is 254 g/mol. The summed E-state index contributed by atoms with van der Waals surface area (Å²) >= 11 is 0. The number of nitrogens with zero attached hydrogens (tertiary/aromatic N) is 5. The SMILES string of the molecule is O=C(NCc1ccccn1)c1ccc2nnnn2c1. The zero-order valence-electron chi connectivity index (χ0n) is 9.89. The fraction of sp³-hybridized carbons (Fsp3) is 0.0833. The second kappa shape index (κ2) is 4.81. The van der Waals surface area contributed by atoms with Crippen LogP contribution in [-0.4, -0.2) is 30.9 Å². The molecule has 0 radical (unpaired) electrons. The van der Waals surface area contributed by atoms with Crippen LogP contribution in [0, 0.1) is 0 Å². The Labute approximate surface area is 108 Å². The minimum absolute atomic E-state index is 0.192. The highest BCUT2D eigenvalue weighted by Crippen LogP contribution is 2.02. The van der Waals surface area contributed by atoms with Gasteiger partial charge in [-0.15, -0.1) is 5.10 Å². The van der Waals surface area contributed by atoms with Crippen molar-refractivity contribution in [3.8, 4) is 0 Å². The Morgan fingerprint density at radius 2 is 2.21 bits per heavy atom. The molecule has 94 valence electrons. The summed E-state index contributed by atoms with van der Waals surface area (Å²) in [5.74, 6) is -0.192. The minimum atomic E-state index is -0.192. The van der Waals surface area contributed by atoms with Gasteiger partial charge in [0.1, 0.15) is 0 Å². The van der Waals surface area contributed by atoms with Gasteiger partial charge in [-0.25, -0.2) is 0 Å². The van der Waals surface area contributed by atoms with Crippen LogP contribution in [0.1, 0.15) is 16.1 Å². The Hall–Kier alpha value is -2.83. The molecule has 3 aromatic heterocycles. The lowest BCUT2D eigenvalue weighted by Gasteiger charge is -2.04. The summed E-state index contributed by atoms with van der Waals surface area (Å²) in [6.07, 6.45) is 3.28. The van der Waals surface area contributed by atoms with Crippen LogP contribution in [0.2, 0.25) is 0 Å². The first-order valence-corrected chi connectivity index (χ1v) is 5.69. The summed E-state index contributed by atoms with van der Waals surface area (Å²) in [7, 11) is 0. The highest BCUT2D eigenvalue weighted by atomic mass is 16.1. The highest BCUT2D eigenvalue weighted by Gasteiger charge is 2.07. The maximum Gasteiger partial charge on any atom is 0.253 e. The maximum atomic E-state index is 12.0. The lowest BCUT2D eigenvalue weighted by molar-refractivity contribution is 0.0950. The van der Waals surface area contributed by atoms with Gasteiger partial charge in [0.15, 0.2) is 5.65 Å². The topological polar surface area (TPSA) is 85.1 Å². The molecule has 1 amide bonds. The van der Waals surface area contributed by atoms with E-state index in [9.17, 15) is 4.79 Å². The molecule has 0 fully saturated rings. The van der Waals surface area contributed by atoms with E-state index in [1.165, 1.54) is 4.52 Å². The van der Waals surface area contributed by atoms with Crippen LogP contribution in [0.4, 0.5) is 0 Å². The standard InChI is InChI=1S/C12H10N6O/c19-12(14-7-10-3-1-2-6-13-10)9-4-5-11-15-16-17-18(11)8-9/h1-6,8H,7H2,(H,14,19). The van der Waals surface area contributed by atoms with Crippen molar-refractivity contribution in [1.29, 1.82) is 0 Å². The highest BCUT2D eigenvalue weighted by molar-refractivity contribution is 5.94. The number of aromatic nitrogens is 5. The third-order valence-electron chi connectivity index (χ3n) is 2.61. The van der Waals surface area contributed by atoms with Crippen LogP contribution in [0.5, 0.6) is 0 Å². The van der Waals surface area contributed by atoms with Crippen molar-refractivity contribution < 1.29 is 4.79 Å². The number of hydrogen-bond acceptors (Lipinski definition) is 5. The lowest BCUT2D eigenvalue weighted by Crippen LogP contribution is -2.23. The van der Waals surface area contributed by atoms with Gasteiger partial charge in [-0.3, -0.25) is 9.78 Å². The third kappa shape index (κ3) is 2.39. The largest absolute Gasteiger partial charge is 0.346 e. The molecule has 19 heavy (non-hydrogen) atoms. The van der Waals surface area contributed by atoms with E-state index in [0.29, 0.717) is 17.8 Å². The van der Waals surface area contributed by atoms with Crippen molar-refractivity contribution in [2.75, 3.05) is 0 Å². The van der Waals surface area contributed by atoms with Gasteiger partial charge in [0.2, 0.25) is 0 Å². The Balaban J connectivity index is 1.73. The molecule has 0 unspecified atom stereocenters. The molecule has 0 aromatic carbocycles. The molecular weight excluding hydrogens is 244 g/mol. The fourth-order valence-electron chi connectivity index (χ4n) is 1.65. The van der Waals surface area contributed by atoms with Crippen molar-refractivity contribution >= 4 is 11.6 Å². The number of carbonyl (C=O) groups excluding carboxylic acids is 1. The molecule has 7 heteroatoms. The van der Waals surface area contributed by atoms with Gasteiger partial charge in [-0.05, 0) is 34.7 Å². The first-order valence-electron chi connectivity index (χ1n) is 5.69. The first-order chi connectivity index (χ1) is 9.33. The van der Waals surface area contributed by atoms with E-state index in [1.807, 2.05) is 18.2 Å². The molecule has 0 atom stereocenters. The number of tetrazole rings is 1. The van der Waals surface area contributed by atoms with E-state index < -0.39 is 0 Å². The fourth-order valence-corrected chi connectivity index (χ4v) is 1.65. The summed E-state index contributed by atoms with van der Waals surface area (Å²) in [4.78, 5) is 16.1. The average molecular weight is 254 g/mol. The number of carbonyl (C=O) groups is 1. The van der Waals surface area contributed by atoms with Crippen molar-refractivity contribution in [3.05, 3.63) is 54.0 Å². The molecule has 3 heterocycles. The quantitative estimate of drug-likeness (QED) is 0.733. The van der Waals surface area contributed by atoms with Gasteiger partial charge < -0.3 is 5.32 Å². The summed E-state index contributed by atoms with van der Waals surface area (Å²) in [5, 5.41) is 13.8. The smallest absolute Gasteiger partial charge is 0.253 e. The van der Waals surface area contributed by atoms with Crippen LogP contribution in [0.3, 0.4) is 0 Å². The number of fused-ring (bicyclic) bond motifs is 1. The first kappa shape index (κ1) is 11.3. The average Bonchev–Trinajstić information content (AvgIpc) is 2.93. The second-order valence-electron chi connectivity index (χ2n) is 3.90. The van der Waals surface area contributed by atoms with E-state index in [0.717, 1.165) is 5.69 Å².